The van der Waals surface area contributed by atoms with Crippen molar-refractivity contribution in [3.8, 4) is 0 Å². The van der Waals surface area contributed by atoms with Gasteiger partial charge in [0, 0.05) is 36.7 Å². The van der Waals surface area contributed by atoms with Crippen LogP contribution in [0.5, 0.6) is 0 Å². The molecule has 0 atom stereocenters. The predicted octanol–water partition coefficient (Wildman–Crippen LogP) is 4.43. The average molecular weight is 364 g/mol. The van der Waals surface area contributed by atoms with E-state index in [1.54, 1.807) is 0 Å². The summed E-state index contributed by atoms with van der Waals surface area (Å²) in [6.45, 7) is 10.8. The lowest BCUT2D eigenvalue weighted by Crippen LogP contribution is -2.26. The van der Waals surface area contributed by atoms with Gasteiger partial charge in [-0.25, -0.2) is 0 Å². The molecule has 1 aromatic heterocycles. The van der Waals surface area contributed by atoms with Gasteiger partial charge in [-0.15, -0.1) is 0 Å². The predicted molar refractivity (Wildman–Crippen MR) is 112 cm³/mol. The van der Waals surface area contributed by atoms with Crippen molar-refractivity contribution in [2.75, 3.05) is 13.1 Å². The summed E-state index contributed by atoms with van der Waals surface area (Å²) in [6, 6.07) is 16.4. The van der Waals surface area contributed by atoms with Crippen molar-refractivity contribution in [2.45, 2.75) is 40.4 Å². The van der Waals surface area contributed by atoms with Crippen molar-refractivity contribution in [3.05, 3.63) is 71.4 Å². The molecule has 0 fully saturated rings. The summed E-state index contributed by atoms with van der Waals surface area (Å²) in [7, 11) is 0. The van der Waals surface area contributed by atoms with Gasteiger partial charge in [-0.3, -0.25) is 9.69 Å². The van der Waals surface area contributed by atoms with Gasteiger partial charge in [0.1, 0.15) is 0 Å². The third kappa shape index (κ3) is 4.22. The number of benzene rings is 2. The van der Waals surface area contributed by atoms with Crippen LogP contribution in [0.2, 0.25) is 0 Å². The largest absolute Gasteiger partial charge is 0.348 e. The Labute approximate surface area is 161 Å². The number of aryl methyl sites for hydroxylation is 1. The van der Waals surface area contributed by atoms with E-state index in [-0.39, 0.29) is 5.91 Å². The molecule has 27 heavy (non-hydrogen) atoms. The van der Waals surface area contributed by atoms with Gasteiger partial charge in [0.25, 0.3) is 5.91 Å². The van der Waals surface area contributed by atoms with E-state index in [0.29, 0.717) is 6.54 Å². The van der Waals surface area contributed by atoms with Crippen molar-refractivity contribution in [1.29, 1.82) is 0 Å². The Morgan fingerprint density at radius 2 is 1.63 bits per heavy atom. The zero-order valence-electron chi connectivity index (χ0n) is 16.5. The zero-order chi connectivity index (χ0) is 19.2. The molecule has 0 unspecified atom stereocenters. The maximum atomic E-state index is 12.9. The first-order valence-electron chi connectivity index (χ1n) is 9.83. The van der Waals surface area contributed by atoms with E-state index in [0.717, 1.165) is 42.6 Å². The highest BCUT2D eigenvalue weighted by atomic mass is 16.1. The number of para-hydroxylation sites is 1. The van der Waals surface area contributed by atoms with E-state index in [2.05, 4.69) is 59.8 Å². The molecule has 0 aliphatic rings. The first-order chi connectivity index (χ1) is 13.2. The number of carbonyl (C=O) groups excluding carboxylic acids is 1. The van der Waals surface area contributed by atoms with Crippen molar-refractivity contribution in [2.24, 2.45) is 0 Å². The number of rotatable bonds is 8. The third-order valence-corrected chi connectivity index (χ3v) is 5.22. The quantitative estimate of drug-likeness (QED) is 0.643. The summed E-state index contributed by atoms with van der Waals surface area (Å²) < 4.78 is 2.12. The molecular weight excluding hydrogens is 334 g/mol. The van der Waals surface area contributed by atoms with Crippen LogP contribution in [-0.2, 0) is 19.6 Å². The Morgan fingerprint density at radius 3 is 2.33 bits per heavy atom. The van der Waals surface area contributed by atoms with Gasteiger partial charge in [-0.2, -0.15) is 0 Å². The van der Waals surface area contributed by atoms with Crippen LogP contribution in [0.3, 0.4) is 0 Å². The number of amides is 1. The Kier molecular flexibility index (Phi) is 6.30. The number of hydrogen-bond donors (Lipinski definition) is 1. The van der Waals surface area contributed by atoms with Crippen molar-refractivity contribution >= 4 is 16.8 Å². The fourth-order valence-corrected chi connectivity index (χ4v) is 3.53. The maximum Gasteiger partial charge on any atom is 0.253 e. The number of nitrogens with one attached hydrogen (secondary N) is 1. The topological polar surface area (TPSA) is 37.3 Å². The van der Waals surface area contributed by atoms with Crippen molar-refractivity contribution in [3.63, 3.8) is 0 Å². The van der Waals surface area contributed by atoms with Gasteiger partial charge in [0.2, 0.25) is 0 Å². The summed E-state index contributed by atoms with van der Waals surface area (Å²) in [4.78, 5) is 15.3. The fourth-order valence-electron chi connectivity index (χ4n) is 3.53. The average Bonchev–Trinajstić information content (AvgIpc) is 3.10. The normalized spacial score (nSPS) is 11.3. The molecule has 4 heteroatoms. The minimum absolute atomic E-state index is 0.0176. The summed E-state index contributed by atoms with van der Waals surface area (Å²) in [5, 5.41) is 4.13. The SMILES string of the molecule is CCN(CC)Cc1ccccc1CNC(=O)c1cn(CC)c2ccccc12. The van der Waals surface area contributed by atoms with Crippen molar-refractivity contribution < 1.29 is 4.79 Å². The van der Waals surface area contributed by atoms with Crippen LogP contribution >= 0.6 is 0 Å². The molecule has 0 bridgehead atoms. The smallest absolute Gasteiger partial charge is 0.253 e. The second-order valence-corrected chi connectivity index (χ2v) is 6.76. The molecular formula is C23H29N3O. The summed E-state index contributed by atoms with van der Waals surface area (Å²) >= 11 is 0. The first kappa shape index (κ1) is 19.2. The lowest BCUT2D eigenvalue weighted by Gasteiger charge is -2.20. The zero-order valence-corrected chi connectivity index (χ0v) is 16.5. The van der Waals surface area contributed by atoms with Crippen LogP contribution in [0.1, 0.15) is 42.3 Å². The van der Waals surface area contributed by atoms with Crippen LogP contribution in [-0.4, -0.2) is 28.5 Å². The van der Waals surface area contributed by atoms with E-state index < -0.39 is 0 Å². The van der Waals surface area contributed by atoms with E-state index in [9.17, 15) is 4.79 Å². The van der Waals surface area contributed by atoms with Crippen LogP contribution in [0.15, 0.2) is 54.7 Å². The number of nitrogens with zero attached hydrogens (tertiary/aromatic N) is 2. The Morgan fingerprint density at radius 1 is 0.963 bits per heavy atom. The van der Waals surface area contributed by atoms with Gasteiger partial charge < -0.3 is 9.88 Å². The summed E-state index contributed by atoms with van der Waals surface area (Å²) in [6.07, 6.45) is 1.96. The minimum atomic E-state index is -0.0176. The first-order valence-corrected chi connectivity index (χ1v) is 9.83. The Bertz CT molecular complexity index is 909. The number of hydrogen-bond acceptors (Lipinski definition) is 2. The fraction of sp³-hybridized carbons (Fsp3) is 0.348. The highest BCUT2D eigenvalue weighted by molar-refractivity contribution is 6.06. The second kappa shape index (κ2) is 8.87. The molecule has 4 nitrogen and oxygen atoms in total. The number of carbonyl (C=O) groups is 1. The molecule has 0 spiro atoms. The highest BCUT2D eigenvalue weighted by Gasteiger charge is 2.15. The van der Waals surface area contributed by atoms with Gasteiger partial charge in [0.15, 0.2) is 0 Å². The summed E-state index contributed by atoms with van der Waals surface area (Å²) in [5.74, 6) is -0.0176. The van der Waals surface area contributed by atoms with E-state index in [4.69, 9.17) is 0 Å². The molecule has 0 radical (unpaired) electrons. The standard InChI is InChI=1S/C23H29N3O/c1-4-25(5-2)16-19-12-8-7-11-18(19)15-24-23(27)21-17-26(6-3)22-14-10-9-13-20(21)22/h7-14,17H,4-6,15-16H2,1-3H3,(H,24,27). The van der Waals surface area contributed by atoms with Crippen molar-refractivity contribution in [1.82, 2.24) is 14.8 Å². The van der Waals surface area contributed by atoms with E-state index >= 15 is 0 Å². The maximum absolute atomic E-state index is 12.9. The summed E-state index contributed by atoms with van der Waals surface area (Å²) in [5.41, 5.74) is 4.30. The van der Waals surface area contributed by atoms with Crippen LogP contribution in [0, 0.1) is 0 Å². The molecule has 2 aromatic carbocycles. The number of fused-ring (bicyclic) bond motifs is 1. The molecule has 3 aromatic rings. The second-order valence-electron chi connectivity index (χ2n) is 6.76. The molecule has 142 valence electrons. The van der Waals surface area contributed by atoms with Gasteiger partial charge >= 0.3 is 0 Å². The number of aromatic nitrogens is 1. The molecule has 3 rings (SSSR count). The molecule has 1 heterocycles. The van der Waals surface area contributed by atoms with Crippen LogP contribution < -0.4 is 5.32 Å². The molecule has 0 aliphatic heterocycles. The minimum Gasteiger partial charge on any atom is -0.348 e. The molecule has 0 saturated carbocycles. The Hall–Kier alpha value is -2.59. The van der Waals surface area contributed by atoms with Crippen LogP contribution in [0.25, 0.3) is 10.9 Å². The van der Waals surface area contributed by atoms with Gasteiger partial charge in [-0.05, 0) is 37.2 Å². The highest BCUT2D eigenvalue weighted by Crippen LogP contribution is 2.21. The third-order valence-electron chi connectivity index (χ3n) is 5.22. The van der Waals surface area contributed by atoms with E-state index in [1.807, 2.05) is 30.5 Å². The lowest BCUT2D eigenvalue weighted by molar-refractivity contribution is 0.0952. The lowest BCUT2D eigenvalue weighted by atomic mass is 10.1. The monoisotopic (exact) mass is 363 g/mol. The molecule has 0 aliphatic carbocycles. The van der Waals surface area contributed by atoms with Crippen LogP contribution in [0.4, 0.5) is 0 Å². The van der Waals surface area contributed by atoms with E-state index in [1.165, 1.54) is 11.1 Å². The molecule has 1 N–H and O–H groups in total. The Balaban J connectivity index is 1.77. The van der Waals surface area contributed by atoms with Gasteiger partial charge in [-0.1, -0.05) is 56.3 Å². The molecule has 1 amide bonds. The van der Waals surface area contributed by atoms with Gasteiger partial charge in [0.05, 0.1) is 5.56 Å². The molecule has 0 saturated heterocycles.